The first-order valence-corrected chi connectivity index (χ1v) is 11.8. The van der Waals surface area contributed by atoms with Crippen LogP contribution in [0.2, 0.25) is 10.0 Å². The normalized spacial score (nSPS) is 26.4. The van der Waals surface area contributed by atoms with Crippen LogP contribution in [0.5, 0.6) is 0 Å². The number of sulfonamides is 1. The standard InChI is InChI=1S/C19H26Cl2N2O4S/c1-3-13-12-22(7-8-27-2)19(24)18-6-4-5-17(13)23(18)28(25,26)16-10-14(20)9-15(21)11-16/h9-11,13,17-18H,3-8,12H2,1-2H3. The number of fused-ring (bicyclic) bond motifs is 2. The van der Waals surface area contributed by atoms with Crippen LogP contribution in [0, 0.1) is 5.92 Å². The van der Waals surface area contributed by atoms with E-state index >= 15 is 0 Å². The highest BCUT2D eigenvalue weighted by atomic mass is 35.5. The number of methoxy groups -OCH3 is 1. The monoisotopic (exact) mass is 448 g/mol. The summed E-state index contributed by atoms with van der Waals surface area (Å²) in [6, 6.07) is 3.38. The Morgan fingerprint density at radius 2 is 1.86 bits per heavy atom. The maximum atomic E-state index is 13.6. The smallest absolute Gasteiger partial charge is 0.244 e. The van der Waals surface area contributed by atoms with E-state index in [1.54, 1.807) is 12.0 Å². The molecule has 0 spiro atoms. The average Bonchev–Trinajstić information content (AvgIpc) is 2.72. The van der Waals surface area contributed by atoms with Crippen LogP contribution in [0.25, 0.3) is 0 Å². The second-order valence-electron chi connectivity index (χ2n) is 7.40. The van der Waals surface area contributed by atoms with E-state index in [0.29, 0.717) is 26.1 Å². The lowest BCUT2D eigenvalue weighted by atomic mass is 9.89. The van der Waals surface area contributed by atoms with Crippen LogP contribution in [0.1, 0.15) is 32.6 Å². The summed E-state index contributed by atoms with van der Waals surface area (Å²) < 4.78 is 33.8. The lowest BCUT2D eigenvalue weighted by Gasteiger charge is -2.40. The molecule has 0 N–H and O–H groups in total. The zero-order valence-corrected chi connectivity index (χ0v) is 18.4. The molecular weight excluding hydrogens is 423 g/mol. The van der Waals surface area contributed by atoms with Gasteiger partial charge in [-0.15, -0.1) is 0 Å². The Bertz CT molecular complexity index is 813. The third-order valence-electron chi connectivity index (χ3n) is 5.71. The van der Waals surface area contributed by atoms with Gasteiger partial charge in [-0.25, -0.2) is 8.42 Å². The lowest BCUT2D eigenvalue weighted by Crippen LogP contribution is -2.54. The number of nitrogens with zero attached hydrogens (tertiary/aromatic N) is 2. The predicted octanol–water partition coefficient (Wildman–Crippen LogP) is 3.42. The molecule has 2 aliphatic rings. The van der Waals surface area contributed by atoms with Crippen molar-refractivity contribution in [3.63, 3.8) is 0 Å². The Labute approximate surface area is 176 Å². The molecule has 2 saturated heterocycles. The van der Waals surface area contributed by atoms with Gasteiger partial charge < -0.3 is 9.64 Å². The maximum absolute atomic E-state index is 13.6. The van der Waals surface area contributed by atoms with Crippen LogP contribution in [-0.2, 0) is 19.6 Å². The topological polar surface area (TPSA) is 66.9 Å². The number of rotatable bonds is 6. The van der Waals surface area contributed by atoms with E-state index in [-0.39, 0.29) is 32.8 Å². The van der Waals surface area contributed by atoms with Crippen LogP contribution in [0.4, 0.5) is 0 Å². The number of carbonyl (C=O) groups is 1. The number of halogens is 2. The van der Waals surface area contributed by atoms with Gasteiger partial charge in [0, 0.05) is 36.3 Å². The van der Waals surface area contributed by atoms with E-state index in [2.05, 4.69) is 0 Å². The second-order valence-corrected chi connectivity index (χ2v) is 10.1. The molecule has 0 aromatic heterocycles. The van der Waals surface area contributed by atoms with E-state index in [4.69, 9.17) is 27.9 Å². The summed E-state index contributed by atoms with van der Waals surface area (Å²) >= 11 is 12.1. The summed E-state index contributed by atoms with van der Waals surface area (Å²) in [5.74, 6) is -0.0788. The number of carbonyl (C=O) groups excluding carboxylic acids is 1. The predicted molar refractivity (Wildman–Crippen MR) is 109 cm³/mol. The van der Waals surface area contributed by atoms with Crippen molar-refractivity contribution in [1.29, 1.82) is 0 Å². The molecular formula is C19H26Cl2N2O4S. The fourth-order valence-electron chi connectivity index (χ4n) is 4.34. The van der Waals surface area contributed by atoms with Crippen LogP contribution in [0.15, 0.2) is 23.1 Å². The first-order valence-electron chi connectivity index (χ1n) is 9.57. The number of amides is 1. The van der Waals surface area contributed by atoms with E-state index in [0.717, 1.165) is 19.3 Å². The first kappa shape index (κ1) is 21.8. The molecule has 9 heteroatoms. The molecule has 3 unspecified atom stereocenters. The van der Waals surface area contributed by atoms with Crippen molar-refractivity contribution in [2.75, 3.05) is 26.8 Å². The minimum absolute atomic E-state index is 0.0369. The van der Waals surface area contributed by atoms with E-state index in [9.17, 15) is 13.2 Å². The van der Waals surface area contributed by atoms with Gasteiger partial charge in [-0.05, 0) is 43.4 Å². The van der Waals surface area contributed by atoms with Crippen molar-refractivity contribution in [3.05, 3.63) is 28.2 Å². The molecule has 6 nitrogen and oxygen atoms in total. The highest BCUT2D eigenvalue weighted by Crippen LogP contribution is 2.38. The highest BCUT2D eigenvalue weighted by molar-refractivity contribution is 7.89. The number of hydrogen-bond acceptors (Lipinski definition) is 4. The minimum Gasteiger partial charge on any atom is -0.383 e. The molecule has 1 aromatic rings. The Morgan fingerprint density at radius 3 is 2.46 bits per heavy atom. The summed E-state index contributed by atoms with van der Waals surface area (Å²) in [6.45, 7) is 3.48. The van der Waals surface area contributed by atoms with Crippen molar-refractivity contribution >= 4 is 39.1 Å². The Hall–Kier alpha value is -0.860. The molecule has 1 aromatic carbocycles. The Balaban J connectivity index is 2.06. The fourth-order valence-corrected chi connectivity index (χ4v) is 6.95. The van der Waals surface area contributed by atoms with Gasteiger partial charge in [0.1, 0.15) is 6.04 Å². The molecule has 0 saturated carbocycles. The molecule has 0 radical (unpaired) electrons. The van der Waals surface area contributed by atoms with Crippen molar-refractivity contribution in [2.24, 2.45) is 5.92 Å². The van der Waals surface area contributed by atoms with Crippen LogP contribution in [-0.4, -0.2) is 62.4 Å². The van der Waals surface area contributed by atoms with Gasteiger partial charge in [0.25, 0.3) is 0 Å². The van der Waals surface area contributed by atoms with Gasteiger partial charge >= 0.3 is 0 Å². The third kappa shape index (κ3) is 4.19. The Morgan fingerprint density at radius 1 is 1.18 bits per heavy atom. The van der Waals surface area contributed by atoms with Crippen LogP contribution in [0.3, 0.4) is 0 Å². The second kappa shape index (κ2) is 8.88. The van der Waals surface area contributed by atoms with Gasteiger partial charge in [-0.3, -0.25) is 4.79 Å². The zero-order chi connectivity index (χ0) is 20.5. The SMILES string of the molecule is CCC1CN(CCOC)C(=O)C2CCCC1N2S(=O)(=O)c1cc(Cl)cc(Cl)c1. The molecule has 1 amide bonds. The third-order valence-corrected chi connectivity index (χ3v) is 8.06. The summed E-state index contributed by atoms with van der Waals surface area (Å²) in [5, 5.41) is 0.511. The number of piperidine rings is 1. The lowest BCUT2D eigenvalue weighted by molar-refractivity contribution is -0.135. The minimum atomic E-state index is -3.92. The van der Waals surface area contributed by atoms with Gasteiger partial charge in [0.05, 0.1) is 11.5 Å². The van der Waals surface area contributed by atoms with Gasteiger partial charge in [-0.2, -0.15) is 4.31 Å². The molecule has 3 rings (SSSR count). The van der Waals surface area contributed by atoms with Gasteiger partial charge in [0.15, 0.2) is 0 Å². The van der Waals surface area contributed by atoms with Crippen LogP contribution >= 0.6 is 23.2 Å². The molecule has 2 heterocycles. The molecule has 0 aliphatic carbocycles. The molecule has 28 heavy (non-hydrogen) atoms. The van der Waals surface area contributed by atoms with Gasteiger partial charge in [0.2, 0.25) is 15.9 Å². The number of benzene rings is 1. The zero-order valence-electron chi connectivity index (χ0n) is 16.1. The van der Waals surface area contributed by atoms with E-state index in [1.165, 1.54) is 22.5 Å². The summed E-state index contributed by atoms with van der Waals surface area (Å²) in [7, 11) is -2.33. The largest absolute Gasteiger partial charge is 0.383 e. The first-order chi connectivity index (χ1) is 13.3. The van der Waals surface area contributed by atoms with E-state index in [1.807, 2.05) is 6.92 Å². The maximum Gasteiger partial charge on any atom is 0.244 e. The molecule has 156 valence electrons. The fraction of sp³-hybridized carbons (Fsp3) is 0.632. The van der Waals surface area contributed by atoms with Crippen molar-refractivity contribution in [3.8, 4) is 0 Å². The number of hydrogen-bond donors (Lipinski definition) is 0. The Kier molecular flexibility index (Phi) is 6.92. The van der Waals surface area contributed by atoms with Crippen molar-refractivity contribution in [1.82, 2.24) is 9.21 Å². The average molecular weight is 449 g/mol. The molecule has 3 atom stereocenters. The summed E-state index contributed by atoms with van der Waals surface area (Å²) in [5.41, 5.74) is 0. The molecule has 2 aliphatic heterocycles. The quantitative estimate of drug-likeness (QED) is 0.668. The highest BCUT2D eigenvalue weighted by Gasteiger charge is 2.49. The van der Waals surface area contributed by atoms with Crippen LogP contribution < -0.4 is 0 Å². The summed E-state index contributed by atoms with van der Waals surface area (Å²) in [4.78, 5) is 15.1. The summed E-state index contributed by atoms with van der Waals surface area (Å²) in [6.07, 6.45) is 2.88. The van der Waals surface area contributed by atoms with E-state index < -0.39 is 16.1 Å². The van der Waals surface area contributed by atoms with Gasteiger partial charge in [-0.1, -0.05) is 36.5 Å². The molecule has 2 fully saturated rings. The van der Waals surface area contributed by atoms with Crippen molar-refractivity contribution in [2.45, 2.75) is 49.6 Å². The van der Waals surface area contributed by atoms with Crippen molar-refractivity contribution < 1.29 is 17.9 Å². The number of ether oxygens (including phenoxy) is 1. The molecule has 2 bridgehead atoms.